The molecule has 0 unspecified atom stereocenters. The third-order valence-corrected chi connectivity index (χ3v) is 4.67. The average molecular weight is 342 g/mol. The Bertz CT molecular complexity index is 927. The van der Waals surface area contributed by atoms with Gasteiger partial charge in [0.05, 0.1) is 20.8 Å². The number of hydrogen-bond donors (Lipinski definition) is 1. The van der Waals surface area contributed by atoms with Gasteiger partial charge in [0, 0.05) is 6.07 Å². The van der Waals surface area contributed by atoms with Crippen molar-refractivity contribution in [3.05, 3.63) is 62.4 Å². The van der Waals surface area contributed by atoms with Crippen molar-refractivity contribution >= 4 is 21.2 Å². The first-order chi connectivity index (χ1) is 10.6. The highest BCUT2D eigenvalue weighted by molar-refractivity contribution is 7.91. The minimum Gasteiger partial charge on any atom is -0.505 e. The van der Waals surface area contributed by atoms with E-state index < -0.39 is 52.4 Å². The van der Waals surface area contributed by atoms with E-state index in [0.717, 1.165) is 18.2 Å². The molecule has 0 fully saturated rings. The Morgan fingerprint density at radius 3 is 2.17 bits per heavy atom. The van der Waals surface area contributed by atoms with Crippen LogP contribution in [0.5, 0.6) is 5.75 Å². The zero-order valence-corrected chi connectivity index (χ0v) is 11.9. The zero-order chi connectivity index (χ0) is 17.4. The summed E-state index contributed by atoms with van der Waals surface area (Å²) in [5, 5.41) is 30.7. The molecule has 0 aliphatic rings. The largest absolute Gasteiger partial charge is 0.505 e. The maximum atomic E-state index is 13.3. The van der Waals surface area contributed by atoms with E-state index in [9.17, 15) is 33.0 Å². The van der Waals surface area contributed by atoms with Crippen molar-refractivity contribution in [2.75, 3.05) is 0 Å². The molecule has 2 aromatic rings. The Morgan fingerprint density at radius 2 is 1.65 bits per heavy atom. The van der Waals surface area contributed by atoms with E-state index in [2.05, 4.69) is 0 Å². The molecular formula is C12H7FN2O7S. The highest BCUT2D eigenvalue weighted by Gasteiger charge is 2.30. The number of sulfone groups is 1. The first-order valence-electron chi connectivity index (χ1n) is 5.81. The lowest BCUT2D eigenvalue weighted by atomic mass is 10.3. The lowest BCUT2D eigenvalue weighted by Gasteiger charge is -2.06. The molecule has 23 heavy (non-hydrogen) atoms. The van der Waals surface area contributed by atoms with Gasteiger partial charge < -0.3 is 5.11 Å². The van der Waals surface area contributed by atoms with Gasteiger partial charge in [0.1, 0.15) is 4.90 Å². The normalized spacial score (nSPS) is 11.2. The molecule has 11 heteroatoms. The maximum absolute atomic E-state index is 13.3. The van der Waals surface area contributed by atoms with Crippen molar-refractivity contribution < 1.29 is 27.8 Å². The summed E-state index contributed by atoms with van der Waals surface area (Å²) in [6.45, 7) is 0. The molecule has 0 heterocycles. The van der Waals surface area contributed by atoms with Crippen LogP contribution in [0.1, 0.15) is 0 Å². The quantitative estimate of drug-likeness (QED) is 0.663. The van der Waals surface area contributed by atoms with Crippen LogP contribution in [0.2, 0.25) is 0 Å². The van der Waals surface area contributed by atoms with Gasteiger partial charge in [0.2, 0.25) is 9.84 Å². The second kappa shape index (κ2) is 5.61. The Morgan fingerprint density at radius 1 is 1.00 bits per heavy atom. The summed E-state index contributed by atoms with van der Waals surface area (Å²) in [6, 6.07) is 4.13. The average Bonchev–Trinajstić information content (AvgIpc) is 2.49. The first-order valence-corrected chi connectivity index (χ1v) is 7.29. The Kier molecular flexibility index (Phi) is 3.97. The molecule has 1 N–H and O–H groups in total. The Balaban J connectivity index is 2.70. The molecule has 0 saturated carbocycles. The van der Waals surface area contributed by atoms with Gasteiger partial charge in [-0.1, -0.05) is 0 Å². The number of nitro benzene ring substituents is 2. The van der Waals surface area contributed by atoms with Gasteiger partial charge in [-0.15, -0.1) is 0 Å². The van der Waals surface area contributed by atoms with E-state index in [1.165, 1.54) is 0 Å². The van der Waals surface area contributed by atoms with Crippen molar-refractivity contribution in [2.24, 2.45) is 0 Å². The summed E-state index contributed by atoms with van der Waals surface area (Å²) in [7, 11) is -4.51. The predicted octanol–water partition coefficient (Wildman–Crippen LogP) is 2.18. The monoisotopic (exact) mass is 342 g/mol. The molecule has 0 radical (unpaired) electrons. The summed E-state index contributed by atoms with van der Waals surface area (Å²) in [4.78, 5) is 18.2. The number of benzene rings is 2. The molecule has 0 aromatic heterocycles. The number of rotatable bonds is 4. The van der Waals surface area contributed by atoms with Gasteiger partial charge in [0.25, 0.3) is 11.4 Å². The van der Waals surface area contributed by atoms with Crippen molar-refractivity contribution in [3.8, 4) is 5.75 Å². The maximum Gasteiger partial charge on any atom is 0.295 e. The molecule has 2 aromatic carbocycles. The van der Waals surface area contributed by atoms with E-state index in [1.54, 1.807) is 0 Å². The van der Waals surface area contributed by atoms with Gasteiger partial charge in [-0.25, -0.2) is 12.8 Å². The number of non-ortho nitro benzene ring substituents is 1. The number of nitrogens with zero attached hydrogens (tertiary/aromatic N) is 2. The Hall–Kier alpha value is -3.08. The van der Waals surface area contributed by atoms with Crippen LogP contribution in [-0.4, -0.2) is 23.4 Å². The third kappa shape index (κ3) is 2.94. The van der Waals surface area contributed by atoms with Crippen LogP contribution in [0.4, 0.5) is 15.8 Å². The molecule has 0 amide bonds. The van der Waals surface area contributed by atoms with Crippen LogP contribution >= 0.6 is 0 Å². The molecule has 0 spiro atoms. The molecule has 0 bridgehead atoms. The minimum absolute atomic E-state index is 0.496. The fourth-order valence-electron chi connectivity index (χ4n) is 1.77. The van der Waals surface area contributed by atoms with E-state index in [1.807, 2.05) is 0 Å². The van der Waals surface area contributed by atoms with Gasteiger partial charge in [0.15, 0.2) is 11.6 Å². The highest BCUT2D eigenvalue weighted by Crippen LogP contribution is 2.33. The van der Waals surface area contributed by atoms with Crippen molar-refractivity contribution in [1.82, 2.24) is 0 Å². The summed E-state index contributed by atoms with van der Waals surface area (Å²) < 4.78 is 38.1. The van der Waals surface area contributed by atoms with Crippen molar-refractivity contribution in [2.45, 2.75) is 9.79 Å². The van der Waals surface area contributed by atoms with E-state index in [-0.39, 0.29) is 0 Å². The summed E-state index contributed by atoms with van der Waals surface area (Å²) in [5.41, 5.74) is -1.67. The summed E-state index contributed by atoms with van der Waals surface area (Å²) in [5.74, 6) is -2.02. The third-order valence-electron chi connectivity index (χ3n) is 2.87. The first kappa shape index (κ1) is 16.3. The van der Waals surface area contributed by atoms with Crippen LogP contribution in [0.25, 0.3) is 0 Å². The number of halogens is 1. The molecule has 120 valence electrons. The smallest absolute Gasteiger partial charge is 0.295 e. The Labute approximate surface area is 127 Å². The number of aromatic hydroxyl groups is 1. The molecule has 0 aliphatic carbocycles. The standard InChI is InChI=1S/C12H7FN2O7S/c13-9-6-8(2-3-11(9)16)23(21,22)12-4-1-7(14(17)18)5-10(12)15(19)20/h1-6,16H. The molecule has 9 nitrogen and oxygen atoms in total. The van der Waals surface area contributed by atoms with Crippen LogP contribution in [0.15, 0.2) is 46.2 Å². The second-order valence-electron chi connectivity index (χ2n) is 4.28. The number of nitro groups is 2. The SMILES string of the molecule is O=[N+]([O-])c1ccc(S(=O)(=O)c2ccc(O)c(F)c2)c([N+](=O)[O-])c1. The molecule has 0 aliphatic heterocycles. The van der Waals surface area contributed by atoms with Crippen LogP contribution in [0, 0.1) is 26.0 Å². The summed E-state index contributed by atoms with van der Waals surface area (Å²) in [6.07, 6.45) is 0. The van der Waals surface area contributed by atoms with Gasteiger partial charge in [-0.3, -0.25) is 20.2 Å². The van der Waals surface area contributed by atoms with Crippen LogP contribution in [-0.2, 0) is 9.84 Å². The van der Waals surface area contributed by atoms with Gasteiger partial charge >= 0.3 is 0 Å². The van der Waals surface area contributed by atoms with Crippen molar-refractivity contribution in [3.63, 3.8) is 0 Å². The zero-order valence-electron chi connectivity index (χ0n) is 11.0. The fraction of sp³-hybridized carbons (Fsp3) is 0. The lowest BCUT2D eigenvalue weighted by molar-refractivity contribution is -0.396. The molecule has 0 saturated heterocycles. The number of phenolic OH excluding ortho intramolecular Hbond substituents is 1. The molecule has 0 atom stereocenters. The molecular weight excluding hydrogens is 335 g/mol. The highest BCUT2D eigenvalue weighted by atomic mass is 32.2. The number of phenols is 1. The van der Waals surface area contributed by atoms with Gasteiger partial charge in [-0.05, 0) is 24.3 Å². The summed E-state index contributed by atoms with van der Waals surface area (Å²) >= 11 is 0. The van der Waals surface area contributed by atoms with Gasteiger partial charge in [-0.2, -0.15) is 0 Å². The van der Waals surface area contributed by atoms with E-state index in [4.69, 9.17) is 5.11 Å². The minimum atomic E-state index is -4.51. The lowest BCUT2D eigenvalue weighted by Crippen LogP contribution is -2.06. The number of hydrogen-bond acceptors (Lipinski definition) is 7. The van der Waals surface area contributed by atoms with E-state index >= 15 is 0 Å². The molecule has 2 rings (SSSR count). The predicted molar refractivity (Wildman–Crippen MR) is 73.3 cm³/mol. The fourth-order valence-corrected chi connectivity index (χ4v) is 3.19. The van der Waals surface area contributed by atoms with Crippen LogP contribution < -0.4 is 0 Å². The second-order valence-corrected chi connectivity index (χ2v) is 6.20. The topological polar surface area (TPSA) is 141 Å². The van der Waals surface area contributed by atoms with E-state index in [0.29, 0.717) is 18.2 Å². The van der Waals surface area contributed by atoms with Crippen LogP contribution in [0.3, 0.4) is 0 Å². The van der Waals surface area contributed by atoms with Crippen molar-refractivity contribution in [1.29, 1.82) is 0 Å².